The molecule has 1 aromatic carbocycles. The number of hydrogen-bond donors (Lipinski definition) is 1. The number of ether oxygens (including phenoxy) is 1. The molecule has 1 aromatic rings. The second kappa shape index (κ2) is 5.95. The summed E-state index contributed by atoms with van der Waals surface area (Å²) in [5, 5.41) is 13.5. The molecule has 0 aliphatic heterocycles. The number of likely N-dealkylation sites (N-methyl/N-ethyl adjacent to an activating group) is 1. The van der Waals surface area contributed by atoms with Gasteiger partial charge in [0.1, 0.15) is 12.4 Å². The van der Waals surface area contributed by atoms with Crippen molar-refractivity contribution in [2.24, 2.45) is 0 Å². The standard InChI is InChI=1S/C11H13FN2O3/c1-8(6-13-2)7-17-11-4-3-9(12)5-10(11)14(15)16/h3-5,13H,1,6-7H2,2H3. The Bertz CT molecular complexity index is 435. The highest BCUT2D eigenvalue weighted by molar-refractivity contribution is 5.46. The summed E-state index contributed by atoms with van der Waals surface area (Å²) in [6, 6.07) is 3.18. The number of halogens is 1. The quantitative estimate of drug-likeness (QED) is 0.468. The van der Waals surface area contributed by atoms with Crippen LogP contribution in [0.5, 0.6) is 5.75 Å². The maximum Gasteiger partial charge on any atom is 0.313 e. The Balaban J connectivity index is 2.77. The highest BCUT2D eigenvalue weighted by Crippen LogP contribution is 2.27. The van der Waals surface area contributed by atoms with Gasteiger partial charge in [-0.15, -0.1) is 0 Å². The van der Waals surface area contributed by atoms with E-state index in [1.807, 2.05) is 0 Å². The molecule has 0 aliphatic carbocycles. The summed E-state index contributed by atoms with van der Waals surface area (Å²) in [6.45, 7) is 4.42. The van der Waals surface area contributed by atoms with Gasteiger partial charge in [0.15, 0.2) is 5.75 Å². The molecule has 0 amide bonds. The topological polar surface area (TPSA) is 64.4 Å². The minimum Gasteiger partial charge on any atom is -0.482 e. The Kier molecular flexibility index (Phi) is 4.59. The molecule has 0 aromatic heterocycles. The Hall–Kier alpha value is -1.95. The third kappa shape index (κ3) is 3.84. The zero-order chi connectivity index (χ0) is 12.8. The van der Waals surface area contributed by atoms with E-state index in [9.17, 15) is 14.5 Å². The van der Waals surface area contributed by atoms with Crippen molar-refractivity contribution in [2.75, 3.05) is 20.2 Å². The fraction of sp³-hybridized carbons (Fsp3) is 0.273. The van der Waals surface area contributed by atoms with Crippen LogP contribution in [0.1, 0.15) is 0 Å². The molecule has 0 bridgehead atoms. The van der Waals surface area contributed by atoms with E-state index in [4.69, 9.17) is 4.74 Å². The molecule has 0 spiro atoms. The lowest BCUT2D eigenvalue weighted by atomic mass is 10.3. The van der Waals surface area contributed by atoms with E-state index in [0.29, 0.717) is 6.54 Å². The second-order valence-corrected chi connectivity index (χ2v) is 3.44. The third-order valence-corrected chi connectivity index (χ3v) is 1.98. The van der Waals surface area contributed by atoms with Crippen molar-refractivity contribution in [2.45, 2.75) is 0 Å². The van der Waals surface area contributed by atoms with Gasteiger partial charge in [0.2, 0.25) is 0 Å². The van der Waals surface area contributed by atoms with E-state index < -0.39 is 10.7 Å². The molecule has 0 saturated heterocycles. The molecule has 0 radical (unpaired) electrons. The van der Waals surface area contributed by atoms with Gasteiger partial charge >= 0.3 is 5.69 Å². The van der Waals surface area contributed by atoms with E-state index in [1.54, 1.807) is 7.05 Å². The summed E-state index contributed by atoms with van der Waals surface area (Å²) in [5.74, 6) is -0.633. The van der Waals surface area contributed by atoms with Crippen LogP contribution in [0.15, 0.2) is 30.4 Å². The van der Waals surface area contributed by atoms with Gasteiger partial charge in [-0.2, -0.15) is 0 Å². The number of nitro groups is 1. The van der Waals surface area contributed by atoms with Crippen LogP contribution in [0.2, 0.25) is 0 Å². The first-order chi connectivity index (χ1) is 8.04. The van der Waals surface area contributed by atoms with Gasteiger partial charge in [0.25, 0.3) is 0 Å². The fourth-order valence-corrected chi connectivity index (χ4v) is 1.24. The zero-order valence-electron chi connectivity index (χ0n) is 9.40. The minimum absolute atomic E-state index is 0.0358. The normalized spacial score (nSPS) is 10.0. The molecule has 0 heterocycles. The zero-order valence-corrected chi connectivity index (χ0v) is 9.40. The van der Waals surface area contributed by atoms with Crippen LogP contribution < -0.4 is 10.1 Å². The first-order valence-corrected chi connectivity index (χ1v) is 4.92. The maximum atomic E-state index is 12.8. The predicted octanol–water partition coefficient (Wildman–Crippen LogP) is 1.89. The van der Waals surface area contributed by atoms with Crippen molar-refractivity contribution in [3.63, 3.8) is 0 Å². The number of benzene rings is 1. The van der Waals surface area contributed by atoms with Crippen LogP contribution in [0, 0.1) is 15.9 Å². The van der Waals surface area contributed by atoms with Gasteiger partial charge in [-0.25, -0.2) is 4.39 Å². The van der Waals surface area contributed by atoms with Crippen LogP contribution in [0.4, 0.5) is 10.1 Å². The molecule has 0 saturated carbocycles. The summed E-state index contributed by atoms with van der Waals surface area (Å²) in [7, 11) is 1.76. The largest absolute Gasteiger partial charge is 0.482 e. The summed E-state index contributed by atoms with van der Waals surface area (Å²) < 4.78 is 18.1. The Morgan fingerprint density at radius 2 is 2.35 bits per heavy atom. The summed E-state index contributed by atoms with van der Waals surface area (Å²) in [4.78, 5) is 9.99. The molecule has 1 N–H and O–H groups in total. The fourth-order valence-electron chi connectivity index (χ4n) is 1.24. The molecule has 92 valence electrons. The van der Waals surface area contributed by atoms with Crippen molar-refractivity contribution in [1.29, 1.82) is 0 Å². The smallest absolute Gasteiger partial charge is 0.313 e. The average Bonchev–Trinajstić information content (AvgIpc) is 2.27. The number of nitro benzene ring substituents is 1. The predicted molar refractivity (Wildman–Crippen MR) is 61.6 cm³/mol. The van der Waals surface area contributed by atoms with Gasteiger partial charge in [0.05, 0.1) is 11.0 Å². The van der Waals surface area contributed by atoms with Crippen LogP contribution in [0.3, 0.4) is 0 Å². The third-order valence-electron chi connectivity index (χ3n) is 1.98. The van der Waals surface area contributed by atoms with Gasteiger partial charge in [-0.3, -0.25) is 10.1 Å². The summed E-state index contributed by atoms with van der Waals surface area (Å²) in [5.41, 5.74) is 0.355. The molecule has 6 heteroatoms. The van der Waals surface area contributed by atoms with Crippen LogP contribution in [0.25, 0.3) is 0 Å². The molecule has 5 nitrogen and oxygen atoms in total. The number of rotatable bonds is 6. The molecular weight excluding hydrogens is 227 g/mol. The van der Waals surface area contributed by atoms with E-state index in [0.717, 1.165) is 17.7 Å². The molecule has 0 fully saturated rings. The highest BCUT2D eigenvalue weighted by Gasteiger charge is 2.16. The van der Waals surface area contributed by atoms with Gasteiger partial charge in [-0.1, -0.05) is 6.58 Å². The van der Waals surface area contributed by atoms with Crippen molar-refractivity contribution >= 4 is 5.69 Å². The first-order valence-electron chi connectivity index (χ1n) is 4.92. The molecule has 0 aliphatic rings. The maximum absolute atomic E-state index is 12.8. The van der Waals surface area contributed by atoms with Gasteiger partial charge in [0, 0.05) is 6.54 Å². The monoisotopic (exact) mass is 240 g/mol. The van der Waals surface area contributed by atoms with Crippen molar-refractivity contribution in [3.05, 3.63) is 46.3 Å². The van der Waals surface area contributed by atoms with Crippen molar-refractivity contribution < 1.29 is 14.1 Å². The number of nitrogens with zero attached hydrogens (tertiary/aromatic N) is 1. The van der Waals surface area contributed by atoms with Crippen molar-refractivity contribution in [1.82, 2.24) is 5.32 Å². The number of hydrogen-bond acceptors (Lipinski definition) is 4. The van der Waals surface area contributed by atoms with E-state index >= 15 is 0 Å². The summed E-state index contributed by atoms with van der Waals surface area (Å²) in [6.07, 6.45) is 0. The van der Waals surface area contributed by atoms with Gasteiger partial charge in [-0.05, 0) is 24.8 Å². The molecule has 0 unspecified atom stereocenters. The lowest BCUT2D eigenvalue weighted by Crippen LogP contribution is -2.14. The summed E-state index contributed by atoms with van der Waals surface area (Å²) >= 11 is 0. The van der Waals surface area contributed by atoms with E-state index in [1.165, 1.54) is 6.07 Å². The Morgan fingerprint density at radius 1 is 1.65 bits per heavy atom. The molecule has 17 heavy (non-hydrogen) atoms. The van der Waals surface area contributed by atoms with E-state index in [2.05, 4.69) is 11.9 Å². The molecule has 0 atom stereocenters. The van der Waals surface area contributed by atoms with Crippen LogP contribution in [-0.2, 0) is 0 Å². The lowest BCUT2D eigenvalue weighted by Gasteiger charge is -2.08. The van der Waals surface area contributed by atoms with Crippen LogP contribution >= 0.6 is 0 Å². The highest BCUT2D eigenvalue weighted by atomic mass is 19.1. The van der Waals surface area contributed by atoms with Crippen LogP contribution in [-0.4, -0.2) is 25.1 Å². The Labute approximate surface area is 98.0 Å². The molecule has 1 rings (SSSR count). The van der Waals surface area contributed by atoms with Gasteiger partial charge < -0.3 is 10.1 Å². The van der Waals surface area contributed by atoms with E-state index in [-0.39, 0.29) is 18.0 Å². The number of nitrogens with one attached hydrogen (secondary N) is 1. The SMILES string of the molecule is C=C(CNC)COc1ccc(F)cc1[N+](=O)[O-]. The first kappa shape index (κ1) is 13.1. The minimum atomic E-state index is -0.681. The second-order valence-electron chi connectivity index (χ2n) is 3.44. The van der Waals surface area contributed by atoms with Crippen molar-refractivity contribution in [3.8, 4) is 5.75 Å². The Morgan fingerprint density at radius 3 is 2.94 bits per heavy atom. The molecular formula is C11H13FN2O3. The average molecular weight is 240 g/mol. The lowest BCUT2D eigenvalue weighted by molar-refractivity contribution is -0.386.